The highest BCUT2D eigenvalue weighted by atomic mass is 32.2. The molecule has 0 saturated heterocycles. The molecule has 1 aliphatic rings. The van der Waals surface area contributed by atoms with Crippen molar-refractivity contribution in [2.45, 2.75) is 11.3 Å². The molecule has 4 N–H and O–H groups in total. The van der Waals surface area contributed by atoms with E-state index in [1.807, 2.05) is 18.2 Å². The Bertz CT molecular complexity index is 1070. The number of nitrogens with one attached hydrogen (secondary N) is 2. The van der Waals surface area contributed by atoms with E-state index in [9.17, 15) is 8.42 Å². The lowest BCUT2D eigenvalue weighted by Gasteiger charge is -2.08. The smallest absolute Gasteiger partial charge is 0.238 e. The monoisotopic (exact) mass is 356 g/mol. The minimum Gasteiger partial charge on any atom is -0.496 e. The summed E-state index contributed by atoms with van der Waals surface area (Å²) in [5.41, 5.74) is 4.63. The molecular formula is C17H16N4O3S. The second-order valence-corrected chi connectivity index (χ2v) is 7.35. The van der Waals surface area contributed by atoms with E-state index in [2.05, 4.69) is 15.5 Å². The summed E-state index contributed by atoms with van der Waals surface area (Å²) in [7, 11) is -2.10. The average molecular weight is 356 g/mol. The van der Waals surface area contributed by atoms with E-state index in [-0.39, 0.29) is 4.90 Å². The third-order valence-corrected chi connectivity index (χ3v) is 5.17. The van der Waals surface area contributed by atoms with Crippen molar-refractivity contribution in [3.63, 3.8) is 0 Å². The van der Waals surface area contributed by atoms with Crippen molar-refractivity contribution in [2.75, 3.05) is 12.4 Å². The number of H-pyrrole nitrogens is 1. The Morgan fingerprint density at radius 2 is 2.00 bits per heavy atom. The standard InChI is InChI=1S/C17H16N4O3S/c1-24-15-7-3-6-12-13(15)9-14-16(12)20-21-17(14)19-10-4-2-5-11(8-10)25(18,22)23/h2-8H,9H2,1H3,(H2,18,22,23)(H2,19,20,21). The average Bonchev–Trinajstić information content (AvgIpc) is 3.14. The largest absolute Gasteiger partial charge is 0.496 e. The van der Waals surface area contributed by atoms with Gasteiger partial charge in [0.15, 0.2) is 0 Å². The molecule has 1 aromatic heterocycles. The first-order chi connectivity index (χ1) is 12.0. The fourth-order valence-electron chi connectivity index (χ4n) is 3.10. The Kier molecular flexibility index (Phi) is 3.52. The predicted molar refractivity (Wildman–Crippen MR) is 94.5 cm³/mol. The second-order valence-electron chi connectivity index (χ2n) is 5.79. The fourth-order valence-corrected chi connectivity index (χ4v) is 3.66. The maximum atomic E-state index is 11.5. The first kappa shape index (κ1) is 15.7. The van der Waals surface area contributed by atoms with Crippen LogP contribution in [0.5, 0.6) is 5.75 Å². The van der Waals surface area contributed by atoms with Crippen molar-refractivity contribution in [2.24, 2.45) is 5.14 Å². The van der Waals surface area contributed by atoms with Crippen molar-refractivity contribution < 1.29 is 13.2 Å². The number of methoxy groups -OCH3 is 1. The molecule has 0 fully saturated rings. The van der Waals surface area contributed by atoms with Gasteiger partial charge in [-0.25, -0.2) is 13.6 Å². The lowest BCUT2D eigenvalue weighted by molar-refractivity contribution is 0.411. The Balaban J connectivity index is 1.69. The zero-order valence-corrected chi connectivity index (χ0v) is 14.2. The van der Waals surface area contributed by atoms with Crippen LogP contribution in [-0.2, 0) is 16.4 Å². The van der Waals surface area contributed by atoms with Crippen LogP contribution in [0.1, 0.15) is 11.1 Å². The van der Waals surface area contributed by atoms with Crippen molar-refractivity contribution in [1.29, 1.82) is 0 Å². The van der Waals surface area contributed by atoms with Gasteiger partial charge < -0.3 is 10.1 Å². The predicted octanol–water partition coefficient (Wildman–Crippen LogP) is 2.38. The number of fused-ring (bicyclic) bond motifs is 3. The molecule has 3 aromatic rings. The van der Waals surface area contributed by atoms with Gasteiger partial charge in [0.1, 0.15) is 11.6 Å². The molecule has 0 radical (unpaired) electrons. The zero-order valence-electron chi connectivity index (χ0n) is 13.4. The highest BCUT2D eigenvalue weighted by molar-refractivity contribution is 7.89. The summed E-state index contributed by atoms with van der Waals surface area (Å²) >= 11 is 0. The minimum absolute atomic E-state index is 0.0543. The third kappa shape index (κ3) is 2.65. The van der Waals surface area contributed by atoms with Crippen LogP contribution in [0.2, 0.25) is 0 Å². The van der Waals surface area contributed by atoms with E-state index in [0.717, 1.165) is 34.0 Å². The molecular weight excluding hydrogens is 340 g/mol. The summed E-state index contributed by atoms with van der Waals surface area (Å²) < 4.78 is 28.5. The second kappa shape index (κ2) is 5.61. The van der Waals surface area contributed by atoms with E-state index in [4.69, 9.17) is 9.88 Å². The van der Waals surface area contributed by atoms with Crippen LogP contribution >= 0.6 is 0 Å². The summed E-state index contributed by atoms with van der Waals surface area (Å²) in [6, 6.07) is 12.2. The summed E-state index contributed by atoms with van der Waals surface area (Å²) in [6.45, 7) is 0. The molecule has 0 unspecified atom stereocenters. The molecule has 4 rings (SSSR count). The van der Waals surface area contributed by atoms with Crippen LogP contribution in [0.4, 0.5) is 11.5 Å². The third-order valence-electron chi connectivity index (χ3n) is 4.26. The van der Waals surface area contributed by atoms with Crippen molar-refractivity contribution in [3.05, 3.63) is 53.6 Å². The van der Waals surface area contributed by atoms with E-state index in [1.165, 1.54) is 12.1 Å². The molecule has 1 aliphatic carbocycles. The molecule has 128 valence electrons. The molecule has 0 atom stereocenters. The fraction of sp³-hybridized carbons (Fsp3) is 0.118. The quantitative estimate of drug-likeness (QED) is 0.520. The van der Waals surface area contributed by atoms with Gasteiger partial charge in [-0.3, -0.25) is 5.10 Å². The molecule has 0 aliphatic heterocycles. The molecule has 1 heterocycles. The molecule has 0 bridgehead atoms. The number of sulfonamides is 1. The maximum Gasteiger partial charge on any atom is 0.238 e. The van der Waals surface area contributed by atoms with Gasteiger partial charge in [0.05, 0.1) is 17.7 Å². The molecule has 0 saturated carbocycles. The zero-order chi connectivity index (χ0) is 17.6. The van der Waals surface area contributed by atoms with Gasteiger partial charge in [0, 0.05) is 28.8 Å². The van der Waals surface area contributed by atoms with Crippen LogP contribution < -0.4 is 15.2 Å². The Labute approximate surface area is 144 Å². The van der Waals surface area contributed by atoms with Crippen LogP contribution in [-0.4, -0.2) is 25.7 Å². The van der Waals surface area contributed by atoms with Gasteiger partial charge in [0.2, 0.25) is 10.0 Å². The van der Waals surface area contributed by atoms with Gasteiger partial charge in [-0.15, -0.1) is 0 Å². The first-order valence-corrected chi connectivity index (χ1v) is 9.15. The number of hydrogen-bond acceptors (Lipinski definition) is 5. The van der Waals surface area contributed by atoms with Crippen LogP contribution in [0.3, 0.4) is 0 Å². The van der Waals surface area contributed by atoms with Crippen LogP contribution in [0.15, 0.2) is 47.4 Å². The van der Waals surface area contributed by atoms with Gasteiger partial charge in [-0.05, 0) is 24.3 Å². The Morgan fingerprint density at radius 3 is 2.76 bits per heavy atom. The van der Waals surface area contributed by atoms with Crippen LogP contribution in [0, 0.1) is 0 Å². The van der Waals surface area contributed by atoms with Crippen molar-refractivity contribution in [1.82, 2.24) is 10.2 Å². The van der Waals surface area contributed by atoms with Crippen molar-refractivity contribution >= 4 is 21.5 Å². The van der Waals surface area contributed by atoms with Gasteiger partial charge >= 0.3 is 0 Å². The number of ether oxygens (including phenoxy) is 1. The van der Waals surface area contributed by atoms with Gasteiger partial charge in [-0.2, -0.15) is 5.10 Å². The van der Waals surface area contributed by atoms with E-state index >= 15 is 0 Å². The molecule has 2 aromatic carbocycles. The van der Waals surface area contributed by atoms with Gasteiger partial charge in [0.25, 0.3) is 0 Å². The topological polar surface area (TPSA) is 110 Å². The maximum absolute atomic E-state index is 11.5. The Morgan fingerprint density at radius 1 is 1.20 bits per heavy atom. The molecule has 25 heavy (non-hydrogen) atoms. The van der Waals surface area contributed by atoms with Crippen LogP contribution in [0.25, 0.3) is 11.3 Å². The number of hydrogen-bond donors (Lipinski definition) is 3. The normalized spacial score (nSPS) is 12.6. The SMILES string of the molecule is COc1cccc2c1Cc1c-2n[nH]c1Nc1cccc(S(N)(=O)=O)c1. The van der Waals surface area contributed by atoms with Crippen molar-refractivity contribution in [3.8, 4) is 17.0 Å². The highest BCUT2D eigenvalue weighted by Gasteiger charge is 2.27. The minimum atomic E-state index is -3.75. The lowest BCUT2D eigenvalue weighted by Crippen LogP contribution is -2.12. The summed E-state index contributed by atoms with van der Waals surface area (Å²) in [4.78, 5) is 0.0543. The summed E-state index contributed by atoms with van der Waals surface area (Å²) in [6.07, 6.45) is 0.683. The number of nitrogens with zero attached hydrogens (tertiary/aromatic N) is 1. The number of anilines is 2. The molecule has 0 spiro atoms. The molecule has 7 nitrogen and oxygen atoms in total. The first-order valence-electron chi connectivity index (χ1n) is 7.61. The van der Waals surface area contributed by atoms with E-state index in [1.54, 1.807) is 19.2 Å². The Hall–Kier alpha value is -2.84. The highest BCUT2D eigenvalue weighted by Crippen LogP contribution is 2.43. The number of aromatic nitrogens is 2. The summed E-state index contributed by atoms with van der Waals surface area (Å²) in [5.74, 6) is 1.55. The van der Waals surface area contributed by atoms with Gasteiger partial charge in [-0.1, -0.05) is 18.2 Å². The summed E-state index contributed by atoms with van der Waals surface area (Å²) in [5, 5.41) is 15.8. The molecule has 8 heteroatoms. The lowest BCUT2D eigenvalue weighted by atomic mass is 10.1. The molecule has 0 amide bonds. The number of rotatable bonds is 4. The number of aromatic amines is 1. The number of benzene rings is 2. The number of primary sulfonamides is 1. The number of nitrogens with two attached hydrogens (primary N) is 1. The van der Waals surface area contributed by atoms with E-state index in [0.29, 0.717) is 12.1 Å². The van der Waals surface area contributed by atoms with E-state index < -0.39 is 10.0 Å².